The van der Waals surface area contributed by atoms with Crippen LogP contribution >= 0.6 is 11.6 Å². The summed E-state index contributed by atoms with van der Waals surface area (Å²) < 4.78 is 10.7. The quantitative estimate of drug-likeness (QED) is 0.625. The summed E-state index contributed by atoms with van der Waals surface area (Å²) in [5, 5.41) is 0.471. The minimum Gasteiger partial charge on any atom is -0.466 e. The second-order valence-electron chi connectivity index (χ2n) is 4.26. The second-order valence-corrected chi connectivity index (χ2v) is 4.65. The van der Waals surface area contributed by atoms with Crippen LogP contribution in [0.1, 0.15) is 31.4 Å². The average molecular weight is 270 g/mol. The Kier molecular flexibility index (Phi) is 4.55. The first-order valence-electron chi connectivity index (χ1n) is 6.10. The molecule has 0 aliphatic carbocycles. The minimum absolute atomic E-state index is 0.000410. The van der Waals surface area contributed by atoms with Crippen LogP contribution in [0.2, 0.25) is 5.15 Å². The van der Waals surface area contributed by atoms with Crippen molar-refractivity contribution in [2.45, 2.75) is 25.9 Å². The van der Waals surface area contributed by atoms with Gasteiger partial charge in [-0.05, 0) is 31.4 Å². The van der Waals surface area contributed by atoms with Crippen molar-refractivity contribution in [1.29, 1.82) is 0 Å². The highest BCUT2D eigenvalue weighted by Gasteiger charge is 2.28. The molecule has 2 atom stereocenters. The van der Waals surface area contributed by atoms with E-state index in [1.54, 1.807) is 12.3 Å². The van der Waals surface area contributed by atoms with Crippen LogP contribution in [-0.2, 0) is 14.3 Å². The molecule has 0 N–H and O–H groups in total. The highest BCUT2D eigenvalue weighted by molar-refractivity contribution is 6.29. The number of hydrogen-bond acceptors (Lipinski definition) is 4. The molecule has 98 valence electrons. The van der Waals surface area contributed by atoms with E-state index in [4.69, 9.17) is 21.1 Å². The lowest BCUT2D eigenvalue weighted by molar-refractivity contribution is -0.154. The minimum atomic E-state index is -0.162. The molecule has 4 nitrogen and oxygen atoms in total. The zero-order chi connectivity index (χ0) is 13.0. The maximum absolute atomic E-state index is 11.6. The fourth-order valence-corrected chi connectivity index (χ4v) is 2.15. The molecular formula is C13H16ClNO3. The molecular weight excluding hydrogens is 254 g/mol. The molecule has 1 aliphatic heterocycles. The lowest BCUT2D eigenvalue weighted by Crippen LogP contribution is -2.28. The van der Waals surface area contributed by atoms with Gasteiger partial charge in [0.1, 0.15) is 5.15 Å². The lowest BCUT2D eigenvalue weighted by atomic mass is 9.95. The van der Waals surface area contributed by atoms with Crippen molar-refractivity contribution in [2.24, 2.45) is 5.92 Å². The normalized spacial score (nSPS) is 23.7. The average Bonchev–Trinajstić information content (AvgIpc) is 2.40. The van der Waals surface area contributed by atoms with E-state index in [9.17, 15) is 4.79 Å². The molecule has 0 saturated carbocycles. The first-order valence-corrected chi connectivity index (χ1v) is 6.48. The Morgan fingerprint density at radius 1 is 1.56 bits per heavy atom. The highest BCUT2D eigenvalue weighted by Crippen LogP contribution is 2.31. The summed E-state index contributed by atoms with van der Waals surface area (Å²) in [5.74, 6) is -0.299. The van der Waals surface area contributed by atoms with E-state index in [1.165, 1.54) is 0 Å². The van der Waals surface area contributed by atoms with E-state index in [-0.39, 0.29) is 18.0 Å². The molecule has 1 aromatic rings. The lowest BCUT2D eigenvalue weighted by Gasteiger charge is -2.27. The molecule has 2 rings (SSSR count). The summed E-state index contributed by atoms with van der Waals surface area (Å²) in [4.78, 5) is 15.6. The third kappa shape index (κ3) is 3.21. The van der Waals surface area contributed by atoms with Gasteiger partial charge in [-0.3, -0.25) is 4.79 Å². The summed E-state index contributed by atoms with van der Waals surface area (Å²) >= 11 is 5.74. The molecule has 0 bridgehead atoms. The summed E-state index contributed by atoms with van der Waals surface area (Å²) in [6.45, 7) is 2.63. The number of aromatic nitrogens is 1. The van der Waals surface area contributed by atoms with Crippen molar-refractivity contribution < 1.29 is 14.3 Å². The maximum Gasteiger partial charge on any atom is 0.311 e. The summed E-state index contributed by atoms with van der Waals surface area (Å²) in [5.41, 5.74) is 1.00. The van der Waals surface area contributed by atoms with Crippen molar-refractivity contribution >= 4 is 17.6 Å². The molecule has 2 heterocycles. The predicted octanol–water partition coefficient (Wildman–Crippen LogP) is 2.77. The molecule has 0 unspecified atom stereocenters. The molecule has 18 heavy (non-hydrogen) atoms. The van der Waals surface area contributed by atoms with Crippen LogP contribution in [-0.4, -0.2) is 24.2 Å². The number of carbonyl (C=O) groups excluding carboxylic acids is 1. The van der Waals surface area contributed by atoms with Crippen LogP contribution in [0, 0.1) is 5.92 Å². The molecule has 1 fully saturated rings. The summed E-state index contributed by atoms with van der Waals surface area (Å²) in [6, 6.07) is 3.66. The van der Waals surface area contributed by atoms with Crippen LogP contribution in [0.3, 0.4) is 0 Å². The van der Waals surface area contributed by atoms with Gasteiger partial charge in [0.05, 0.1) is 25.2 Å². The first-order chi connectivity index (χ1) is 8.70. The Labute approximate surface area is 111 Å². The molecule has 1 aliphatic rings. The molecule has 1 aromatic heterocycles. The largest absolute Gasteiger partial charge is 0.466 e. The highest BCUT2D eigenvalue weighted by atomic mass is 35.5. The van der Waals surface area contributed by atoms with Gasteiger partial charge in [0, 0.05) is 6.20 Å². The van der Waals surface area contributed by atoms with Gasteiger partial charge in [-0.1, -0.05) is 17.7 Å². The molecule has 0 radical (unpaired) electrons. The topological polar surface area (TPSA) is 48.4 Å². The van der Waals surface area contributed by atoms with Gasteiger partial charge >= 0.3 is 5.97 Å². The van der Waals surface area contributed by atoms with Crippen molar-refractivity contribution in [3.05, 3.63) is 29.0 Å². The third-order valence-electron chi connectivity index (χ3n) is 3.02. The Morgan fingerprint density at radius 2 is 2.39 bits per heavy atom. The number of carbonyl (C=O) groups is 1. The van der Waals surface area contributed by atoms with Gasteiger partial charge in [0.25, 0.3) is 0 Å². The summed E-state index contributed by atoms with van der Waals surface area (Å²) in [6.07, 6.45) is 3.30. The van der Waals surface area contributed by atoms with Gasteiger partial charge in [-0.25, -0.2) is 4.98 Å². The first kappa shape index (κ1) is 13.3. The van der Waals surface area contributed by atoms with Crippen molar-refractivity contribution in [2.75, 3.05) is 13.2 Å². The molecule has 0 amide bonds. The number of esters is 1. The van der Waals surface area contributed by atoms with E-state index >= 15 is 0 Å². The van der Waals surface area contributed by atoms with Gasteiger partial charge in [-0.15, -0.1) is 0 Å². The van der Waals surface area contributed by atoms with Gasteiger partial charge < -0.3 is 9.47 Å². The Bertz CT molecular complexity index is 399. The van der Waals surface area contributed by atoms with Gasteiger partial charge in [-0.2, -0.15) is 0 Å². The monoisotopic (exact) mass is 269 g/mol. The van der Waals surface area contributed by atoms with E-state index in [2.05, 4.69) is 4.98 Å². The van der Waals surface area contributed by atoms with E-state index < -0.39 is 0 Å². The van der Waals surface area contributed by atoms with Crippen LogP contribution in [0.25, 0.3) is 0 Å². The second kappa shape index (κ2) is 6.16. The maximum atomic E-state index is 11.6. The zero-order valence-corrected chi connectivity index (χ0v) is 11.0. The zero-order valence-electron chi connectivity index (χ0n) is 10.3. The molecule has 0 aromatic carbocycles. The van der Waals surface area contributed by atoms with Crippen LogP contribution < -0.4 is 0 Å². The SMILES string of the molecule is CCOC(=O)[C@H]1CC[C@@H](c2ccc(Cl)nc2)OC1. The van der Waals surface area contributed by atoms with Gasteiger partial charge in [0.15, 0.2) is 0 Å². The molecule has 5 heteroatoms. The number of ether oxygens (including phenoxy) is 2. The Morgan fingerprint density at radius 3 is 2.94 bits per heavy atom. The van der Waals surface area contributed by atoms with E-state index in [0.717, 1.165) is 18.4 Å². The fraction of sp³-hybridized carbons (Fsp3) is 0.538. The fourth-order valence-electron chi connectivity index (χ4n) is 2.04. The van der Waals surface area contributed by atoms with Crippen molar-refractivity contribution in [3.8, 4) is 0 Å². The van der Waals surface area contributed by atoms with Crippen LogP contribution in [0.15, 0.2) is 18.3 Å². The summed E-state index contributed by atoms with van der Waals surface area (Å²) in [7, 11) is 0. The number of rotatable bonds is 3. The number of pyridine rings is 1. The predicted molar refractivity (Wildman–Crippen MR) is 67.3 cm³/mol. The number of nitrogens with zero attached hydrogens (tertiary/aromatic N) is 1. The number of hydrogen-bond donors (Lipinski definition) is 0. The van der Waals surface area contributed by atoms with E-state index in [1.807, 2.05) is 13.0 Å². The van der Waals surface area contributed by atoms with Crippen LogP contribution in [0.5, 0.6) is 0 Å². The van der Waals surface area contributed by atoms with E-state index in [0.29, 0.717) is 18.4 Å². The standard InChI is InChI=1S/C13H16ClNO3/c1-2-17-13(16)10-3-5-11(18-8-10)9-4-6-12(14)15-7-9/h4,6-7,10-11H,2-3,5,8H2,1H3/t10-,11-/m0/s1. The van der Waals surface area contributed by atoms with Crippen molar-refractivity contribution in [3.63, 3.8) is 0 Å². The smallest absolute Gasteiger partial charge is 0.311 e. The molecule has 0 spiro atoms. The number of halogens is 1. The Balaban J connectivity index is 1.90. The van der Waals surface area contributed by atoms with Crippen molar-refractivity contribution in [1.82, 2.24) is 4.98 Å². The van der Waals surface area contributed by atoms with Gasteiger partial charge in [0.2, 0.25) is 0 Å². The van der Waals surface area contributed by atoms with Crippen LogP contribution in [0.4, 0.5) is 0 Å². The third-order valence-corrected chi connectivity index (χ3v) is 3.24. The Hall–Kier alpha value is -1.13. The molecule has 1 saturated heterocycles.